The van der Waals surface area contributed by atoms with Crippen molar-refractivity contribution in [2.24, 2.45) is 0 Å². The number of rotatable bonds is 9. The minimum Gasteiger partial charge on any atom is -0.480 e. The average Bonchev–Trinajstić information content (AvgIpc) is 2.82. The predicted octanol–water partition coefficient (Wildman–Crippen LogP) is 4.93. The molecular weight excluding hydrogens is 460 g/mol. The minimum absolute atomic E-state index is 0.0882. The second kappa shape index (κ2) is 11.9. The van der Waals surface area contributed by atoms with Crippen molar-refractivity contribution in [2.75, 3.05) is 0 Å². The van der Waals surface area contributed by atoms with E-state index in [4.69, 9.17) is 9.47 Å². The Hall–Kier alpha value is -4.33. The van der Waals surface area contributed by atoms with Crippen molar-refractivity contribution in [1.29, 1.82) is 0 Å². The molecule has 188 valence electrons. The number of ether oxygens (including phenoxy) is 2. The molecule has 0 fully saturated rings. The number of carbonyl (C=O) groups excluding carboxylic acids is 2. The molecule has 2 amide bonds. The van der Waals surface area contributed by atoms with Crippen LogP contribution in [0.5, 0.6) is 11.5 Å². The number of amides is 2. The summed E-state index contributed by atoms with van der Waals surface area (Å²) in [5.74, 6) is -0.408. The molecule has 3 aromatic rings. The van der Waals surface area contributed by atoms with E-state index < -0.39 is 29.6 Å². The second-order valence-electron chi connectivity index (χ2n) is 9.18. The first-order valence-electron chi connectivity index (χ1n) is 11.5. The molecule has 0 saturated carbocycles. The van der Waals surface area contributed by atoms with Crippen LogP contribution in [0.25, 0.3) is 0 Å². The summed E-state index contributed by atoms with van der Waals surface area (Å²) in [4.78, 5) is 36.3. The van der Waals surface area contributed by atoms with E-state index in [1.807, 2.05) is 30.3 Å². The molecule has 3 N–H and O–H groups in total. The van der Waals surface area contributed by atoms with Crippen LogP contribution in [0.15, 0.2) is 78.9 Å². The van der Waals surface area contributed by atoms with Crippen molar-refractivity contribution < 1.29 is 29.0 Å². The van der Waals surface area contributed by atoms with E-state index in [1.54, 1.807) is 69.3 Å². The van der Waals surface area contributed by atoms with Crippen molar-refractivity contribution in [2.45, 2.75) is 45.4 Å². The molecule has 0 spiro atoms. The third-order valence-electron chi connectivity index (χ3n) is 4.97. The molecule has 1 unspecified atom stereocenters. The number of hydrogen-bond acceptors (Lipinski definition) is 5. The zero-order valence-electron chi connectivity index (χ0n) is 20.5. The highest BCUT2D eigenvalue weighted by Crippen LogP contribution is 2.22. The first-order valence-corrected chi connectivity index (χ1v) is 11.5. The van der Waals surface area contributed by atoms with Crippen molar-refractivity contribution >= 4 is 18.0 Å². The van der Waals surface area contributed by atoms with Gasteiger partial charge in [0.2, 0.25) is 0 Å². The third kappa shape index (κ3) is 8.47. The van der Waals surface area contributed by atoms with Gasteiger partial charge >= 0.3 is 12.1 Å². The van der Waals surface area contributed by atoms with Crippen LogP contribution in [0.1, 0.15) is 42.3 Å². The summed E-state index contributed by atoms with van der Waals surface area (Å²) in [6.45, 7) is 5.56. The van der Waals surface area contributed by atoms with Crippen LogP contribution in [0.3, 0.4) is 0 Å². The Bertz CT molecular complexity index is 1190. The lowest BCUT2D eigenvalue weighted by Gasteiger charge is -2.19. The lowest BCUT2D eigenvalue weighted by atomic mass is 10.0. The SMILES string of the molecule is CC(C)(C)OC(=O)NCc1ccc(C(=O)NC(Cc2cccc(Oc3ccccc3)c2)C(=O)O)cc1. The molecule has 0 aromatic heterocycles. The van der Waals surface area contributed by atoms with Gasteiger partial charge in [-0.2, -0.15) is 0 Å². The first kappa shape index (κ1) is 26.3. The molecule has 0 bridgehead atoms. The number of hydrogen-bond donors (Lipinski definition) is 3. The molecule has 0 heterocycles. The standard InChI is InChI=1S/C28H30N2O6/c1-28(2,3)36-27(34)29-18-19-12-14-21(15-13-19)25(31)30-24(26(32)33)17-20-8-7-11-23(16-20)35-22-9-5-4-6-10-22/h4-16,24H,17-18H2,1-3H3,(H,29,34)(H,30,31)(H,32,33). The van der Waals surface area contributed by atoms with Crippen LogP contribution < -0.4 is 15.4 Å². The molecule has 0 radical (unpaired) electrons. The smallest absolute Gasteiger partial charge is 0.407 e. The molecular formula is C28H30N2O6. The van der Waals surface area contributed by atoms with E-state index in [0.717, 1.165) is 5.56 Å². The van der Waals surface area contributed by atoms with Crippen molar-refractivity contribution in [3.8, 4) is 11.5 Å². The molecule has 36 heavy (non-hydrogen) atoms. The number of benzene rings is 3. The van der Waals surface area contributed by atoms with Crippen LogP contribution in [0.2, 0.25) is 0 Å². The highest BCUT2D eigenvalue weighted by Gasteiger charge is 2.22. The van der Waals surface area contributed by atoms with Gasteiger partial charge in [-0.15, -0.1) is 0 Å². The summed E-state index contributed by atoms with van der Waals surface area (Å²) in [6.07, 6.45) is -0.447. The molecule has 0 aliphatic rings. The van der Waals surface area contributed by atoms with Gasteiger partial charge in [0.1, 0.15) is 23.1 Å². The minimum atomic E-state index is -1.14. The van der Waals surface area contributed by atoms with Gasteiger partial charge in [0.15, 0.2) is 0 Å². The number of nitrogens with one attached hydrogen (secondary N) is 2. The maximum absolute atomic E-state index is 12.7. The lowest BCUT2D eigenvalue weighted by Crippen LogP contribution is -2.42. The van der Waals surface area contributed by atoms with Crippen LogP contribution in [0, 0.1) is 0 Å². The molecule has 1 atom stereocenters. The summed E-state index contributed by atoms with van der Waals surface area (Å²) < 4.78 is 11.0. The van der Waals surface area contributed by atoms with Gasteiger partial charge in [0.05, 0.1) is 0 Å². The fraction of sp³-hybridized carbons (Fsp3) is 0.250. The molecule has 3 rings (SSSR count). The van der Waals surface area contributed by atoms with Crippen LogP contribution in [-0.2, 0) is 22.5 Å². The van der Waals surface area contributed by atoms with Crippen molar-refractivity contribution in [1.82, 2.24) is 10.6 Å². The average molecular weight is 491 g/mol. The Labute approximate surface area is 210 Å². The number of para-hydroxylation sites is 1. The van der Waals surface area contributed by atoms with E-state index in [2.05, 4.69) is 10.6 Å². The molecule has 3 aromatic carbocycles. The first-order chi connectivity index (χ1) is 17.1. The fourth-order valence-corrected chi connectivity index (χ4v) is 3.30. The zero-order valence-corrected chi connectivity index (χ0v) is 20.5. The number of carboxylic acids is 1. The maximum Gasteiger partial charge on any atom is 0.407 e. The monoisotopic (exact) mass is 490 g/mol. The van der Waals surface area contributed by atoms with Gasteiger partial charge in [0.25, 0.3) is 5.91 Å². The van der Waals surface area contributed by atoms with Crippen LogP contribution in [0.4, 0.5) is 4.79 Å². The molecule has 0 aliphatic heterocycles. The third-order valence-corrected chi connectivity index (χ3v) is 4.97. The summed E-state index contributed by atoms with van der Waals surface area (Å²) in [7, 11) is 0. The number of alkyl carbamates (subject to hydrolysis) is 1. The van der Waals surface area contributed by atoms with E-state index in [-0.39, 0.29) is 13.0 Å². The van der Waals surface area contributed by atoms with E-state index in [9.17, 15) is 19.5 Å². The Morgan fingerprint density at radius 1 is 0.861 bits per heavy atom. The molecule has 8 heteroatoms. The summed E-state index contributed by atoms with van der Waals surface area (Å²) in [5.41, 5.74) is 1.19. The topological polar surface area (TPSA) is 114 Å². The Morgan fingerprint density at radius 3 is 2.17 bits per heavy atom. The van der Waals surface area contributed by atoms with Crippen LogP contribution >= 0.6 is 0 Å². The maximum atomic E-state index is 12.7. The number of aliphatic carboxylic acids is 1. The highest BCUT2D eigenvalue weighted by atomic mass is 16.6. The number of carbonyl (C=O) groups is 3. The van der Waals surface area contributed by atoms with Gasteiger partial charge in [-0.1, -0.05) is 42.5 Å². The summed E-state index contributed by atoms with van der Waals surface area (Å²) >= 11 is 0. The largest absolute Gasteiger partial charge is 0.480 e. The highest BCUT2D eigenvalue weighted by molar-refractivity contribution is 5.96. The summed E-state index contributed by atoms with van der Waals surface area (Å²) in [5, 5.41) is 14.9. The normalized spacial score (nSPS) is 11.8. The van der Waals surface area contributed by atoms with Gasteiger partial charge in [-0.25, -0.2) is 9.59 Å². The predicted molar refractivity (Wildman–Crippen MR) is 135 cm³/mol. The van der Waals surface area contributed by atoms with Crippen LogP contribution in [-0.4, -0.2) is 34.7 Å². The second-order valence-corrected chi connectivity index (χ2v) is 9.18. The Kier molecular flexibility index (Phi) is 8.67. The fourth-order valence-electron chi connectivity index (χ4n) is 3.30. The number of carboxylic acid groups (broad SMARTS) is 1. The lowest BCUT2D eigenvalue weighted by molar-refractivity contribution is -0.139. The van der Waals surface area contributed by atoms with Gasteiger partial charge in [-0.05, 0) is 68.3 Å². The Balaban J connectivity index is 1.58. The van der Waals surface area contributed by atoms with E-state index in [1.165, 1.54) is 0 Å². The van der Waals surface area contributed by atoms with Gasteiger partial charge in [0, 0.05) is 18.5 Å². The quantitative estimate of drug-likeness (QED) is 0.392. The molecule has 8 nitrogen and oxygen atoms in total. The van der Waals surface area contributed by atoms with Gasteiger partial charge in [-0.3, -0.25) is 4.79 Å². The summed E-state index contributed by atoms with van der Waals surface area (Å²) in [6, 6.07) is 21.8. The Morgan fingerprint density at radius 2 is 1.53 bits per heavy atom. The van der Waals surface area contributed by atoms with E-state index >= 15 is 0 Å². The zero-order chi connectivity index (χ0) is 26.1. The molecule has 0 aliphatic carbocycles. The van der Waals surface area contributed by atoms with Crippen molar-refractivity contribution in [3.63, 3.8) is 0 Å². The van der Waals surface area contributed by atoms with E-state index in [0.29, 0.717) is 22.6 Å². The van der Waals surface area contributed by atoms with Crippen molar-refractivity contribution in [3.05, 3.63) is 95.6 Å². The van der Waals surface area contributed by atoms with Gasteiger partial charge < -0.3 is 25.2 Å². The molecule has 0 saturated heterocycles.